The summed E-state index contributed by atoms with van der Waals surface area (Å²) in [5.41, 5.74) is 4.14. The first-order chi connectivity index (χ1) is 9.79. The molecular weight excluding hydrogens is 248 g/mol. The molecule has 2 nitrogen and oxygen atoms in total. The van der Waals surface area contributed by atoms with Gasteiger partial charge in [-0.2, -0.15) is 0 Å². The molecular formula is C18H16O2. The van der Waals surface area contributed by atoms with Crippen LogP contribution in [0.1, 0.15) is 24.0 Å². The van der Waals surface area contributed by atoms with Crippen LogP contribution in [0.5, 0.6) is 5.75 Å². The van der Waals surface area contributed by atoms with E-state index in [1.54, 1.807) is 7.11 Å². The quantitative estimate of drug-likeness (QED) is 0.838. The number of allylic oxidation sites excluding steroid dienone is 2. The third-order valence-electron chi connectivity index (χ3n) is 3.68. The highest BCUT2D eigenvalue weighted by molar-refractivity contribution is 6.31. The molecule has 3 rings (SSSR count). The van der Waals surface area contributed by atoms with Gasteiger partial charge in [-0.1, -0.05) is 42.5 Å². The molecule has 2 aromatic rings. The van der Waals surface area contributed by atoms with E-state index < -0.39 is 0 Å². The van der Waals surface area contributed by atoms with E-state index in [0.717, 1.165) is 34.4 Å². The van der Waals surface area contributed by atoms with Crippen LogP contribution in [-0.2, 0) is 4.79 Å². The Morgan fingerprint density at radius 3 is 2.20 bits per heavy atom. The van der Waals surface area contributed by atoms with Crippen LogP contribution in [0.3, 0.4) is 0 Å². The smallest absolute Gasteiger partial charge is 0.164 e. The second-order valence-electron chi connectivity index (χ2n) is 4.87. The van der Waals surface area contributed by atoms with E-state index in [1.807, 2.05) is 42.5 Å². The first-order valence-corrected chi connectivity index (χ1v) is 6.76. The molecule has 1 aliphatic carbocycles. The number of carbonyl (C=O) groups is 1. The molecule has 0 fully saturated rings. The molecule has 0 aromatic heterocycles. The van der Waals surface area contributed by atoms with E-state index >= 15 is 0 Å². The third kappa shape index (κ3) is 2.25. The lowest BCUT2D eigenvalue weighted by molar-refractivity contribution is -0.113. The highest BCUT2D eigenvalue weighted by atomic mass is 16.5. The van der Waals surface area contributed by atoms with Gasteiger partial charge in [0, 0.05) is 12.0 Å². The molecule has 0 spiro atoms. The summed E-state index contributed by atoms with van der Waals surface area (Å²) in [4.78, 5) is 12.2. The fourth-order valence-corrected chi connectivity index (χ4v) is 2.68. The van der Waals surface area contributed by atoms with Crippen molar-refractivity contribution in [2.45, 2.75) is 12.8 Å². The largest absolute Gasteiger partial charge is 0.497 e. The Kier molecular flexibility index (Phi) is 3.38. The first-order valence-electron chi connectivity index (χ1n) is 6.76. The van der Waals surface area contributed by atoms with Crippen molar-refractivity contribution < 1.29 is 9.53 Å². The van der Waals surface area contributed by atoms with Gasteiger partial charge in [0.1, 0.15) is 5.75 Å². The fourth-order valence-electron chi connectivity index (χ4n) is 2.68. The van der Waals surface area contributed by atoms with Crippen molar-refractivity contribution in [1.29, 1.82) is 0 Å². The Bertz CT molecular complexity index is 652. The van der Waals surface area contributed by atoms with Crippen molar-refractivity contribution in [3.8, 4) is 5.75 Å². The average molecular weight is 264 g/mol. The Morgan fingerprint density at radius 1 is 0.850 bits per heavy atom. The molecule has 0 saturated heterocycles. The van der Waals surface area contributed by atoms with Gasteiger partial charge in [0.2, 0.25) is 0 Å². The van der Waals surface area contributed by atoms with Crippen molar-refractivity contribution in [2.24, 2.45) is 0 Å². The SMILES string of the molecule is COc1ccc(C2=C(c3ccccc3)CCC2=O)cc1. The van der Waals surface area contributed by atoms with Crippen LogP contribution >= 0.6 is 0 Å². The number of Topliss-reactive ketones (excluding diaryl/α,β-unsaturated/α-hetero) is 1. The summed E-state index contributed by atoms with van der Waals surface area (Å²) in [6.45, 7) is 0. The molecule has 100 valence electrons. The fraction of sp³-hybridized carbons (Fsp3) is 0.167. The highest BCUT2D eigenvalue weighted by Gasteiger charge is 2.24. The molecule has 0 saturated carbocycles. The first kappa shape index (κ1) is 12.7. The second kappa shape index (κ2) is 5.33. The molecule has 0 amide bonds. The maximum atomic E-state index is 12.2. The van der Waals surface area contributed by atoms with Gasteiger partial charge in [0.05, 0.1) is 7.11 Å². The van der Waals surface area contributed by atoms with Gasteiger partial charge in [-0.3, -0.25) is 4.79 Å². The summed E-state index contributed by atoms with van der Waals surface area (Å²) in [7, 11) is 1.64. The number of hydrogen-bond acceptors (Lipinski definition) is 2. The zero-order chi connectivity index (χ0) is 13.9. The van der Waals surface area contributed by atoms with E-state index in [4.69, 9.17) is 4.74 Å². The summed E-state index contributed by atoms with van der Waals surface area (Å²) in [5.74, 6) is 1.04. The minimum Gasteiger partial charge on any atom is -0.497 e. The minimum absolute atomic E-state index is 0.231. The van der Waals surface area contributed by atoms with E-state index in [1.165, 1.54) is 0 Å². The normalized spacial score (nSPS) is 14.8. The Hall–Kier alpha value is -2.35. The van der Waals surface area contributed by atoms with Crippen LogP contribution in [0.4, 0.5) is 0 Å². The molecule has 2 heteroatoms. The predicted octanol–water partition coefficient (Wildman–Crippen LogP) is 3.97. The summed E-state index contributed by atoms with van der Waals surface area (Å²) in [6, 6.07) is 17.9. The number of ether oxygens (including phenoxy) is 1. The lowest BCUT2D eigenvalue weighted by Crippen LogP contribution is -1.96. The van der Waals surface area contributed by atoms with Crippen molar-refractivity contribution >= 4 is 16.9 Å². The molecule has 0 unspecified atom stereocenters. The molecule has 0 aliphatic heterocycles. The highest BCUT2D eigenvalue weighted by Crippen LogP contribution is 2.37. The molecule has 0 atom stereocenters. The van der Waals surface area contributed by atoms with Crippen LogP contribution < -0.4 is 4.74 Å². The van der Waals surface area contributed by atoms with Crippen molar-refractivity contribution in [1.82, 2.24) is 0 Å². The third-order valence-corrected chi connectivity index (χ3v) is 3.68. The molecule has 2 aromatic carbocycles. The number of rotatable bonds is 3. The van der Waals surface area contributed by atoms with Gasteiger partial charge >= 0.3 is 0 Å². The van der Waals surface area contributed by atoms with Crippen LogP contribution in [0.15, 0.2) is 54.6 Å². The summed E-state index contributed by atoms with van der Waals surface area (Å²) < 4.78 is 5.17. The molecule has 0 bridgehead atoms. The number of methoxy groups -OCH3 is 1. The summed E-state index contributed by atoms with van der Waals surface area (Å²) in [6.07, 6.45) is 1.43. The number of carbonyl (C=O) groups excluding carboxylic acids is 1. The van der Waals surface area contributed by atoms with Crippen LogP contribution in [0.25, 0.3) is 11.1 Å². The summed E-state index contributed by atoms with van der Waals surface area (Å²) >= 11 is 0. The zero-order valence-electron chi connectivity index (χ0n) is 11.4. The average Bonchev–Trinajstić information content (AvgIpc) is 2.90. The topological polar surface area (TPSA) is 26.3 Å². The number of ketones is 1. The second-order valence-corrected chi connectivity index (χ2v) is 4.87. The van der Waals surface area contributed by atoms with Gasteiger partial charge in [0.25, 0.3) is 0 Å². The molecule has 1 aliphatic rings. The molecule has 20 heavy (non-hydrogen) atoms. The van der Waals surface area contributed by atoms with E-state index in [-0.39, 0.29) is 5.78 Å². The van der Waals surface area contributed by atoms with E-state index in [9.17, 15) is 4.79 Å². The number of hydrogen-bond donors (Lipinski definition) is 0. The van der Waals surface area contributed by atoms with E-state index in [2.05, 4.69) is 12.1 Å². The van der Waals surface area contributed by atoms with Gasteiger partial charge in [-0.05, 0) is 35.3 Å². The minimum atomic E-state index is 0.231. The van der Waals surface area contributed by atoms with Crippen molar-refractivity contribution in [3.63, 3.8) is 0 Å². The van der Waals surface area contributed by atoms with Crippen LogP contribution in [0.2, 0.25) is 0 Å². The Morgan fingerprint density at radius 2 is 1.55 bits per heavy atom. The number of benzene rings is 2. The van der Waals surface area contributed by atoms with Gasteiger partial charge < -0.3 is 4.74 Å². The Labute approximate surface area is 118 Å². The van der Waals surface area contributed by atoms with E-state index in [0.29, 0.717) is 6.42 Å². The van der Waals surface area contributed by atoms with Crippen molar-refractivity contribution in [3.05, 3.63) is 65.7 Å². The molecule has 0 N–H and O–H groups in total. The standard InChI is InChI=1S/C18H16O2/c1-20-15-9-7-14(8-10-15)18-16(11-12-17(18)19)13-5-3-2-4-6-13/h2-10H,11-12H2,1H3. The lowest BCUT2D eigenvalue weighted by Gasteiger charge is -2.08. The zero-order valence-corrected chi connectivity index (χ0v) is 11.4. The summed E-state index contributed by atoms with van der Waals surface area (Å²) in [5, 5.41) is 0. The van der Waals surface area contributed by atoms with Gasteiger partial charge in [-0.25, -0.2) is 0 Å². The van der Waals surface area contributed by atoms with Crippen LogP contribution in [-0.4, -0.2) is 12.9 Å². The van der Waals surface area contributed by atoms with Gasteiger partial charge in [-0.15, -0.1) is 0 Å². The molecule has 0 radical (unpaired) electrons. The molecule has 0 heterocycles. The predicted molar refractivity (Wildman–Crippen MR) is 80.5 cm³/mol. The lowest BCUT2D eigenvalue weighted by atomic mass is 9.97. The monoisotopic (exact) mass is 264 g/mol. The Balaban J connectivity index is 2.09. The van der Waals surface area contributed by atoms with Crippen molar-refractivity contribution in [2.75, 3.05) is 7.11 Å². The van der Waals surface area contributed by atoms with Gasteiger partial charge in [0.15, 0.2) is 5.78 Å². The maximum absolute atomic E-state index is 12.2. The maximum Gasteiger partial charge on any atom is 0.164 e. The van der Waals surface area contributed by atoms with Crippen LogP contribution in [0, 0.1) is 0 Å².